The van der Waals surface area contributed by atoms with Crippen molar-refractivity contribution in [3.63, 3.8) is 0 Å². The minimum absolute atomic E-state index is 0.0306. The van der Waals surface area contributed by atoms with Crippen molar-refractivity contribution in [2.24, 2.45) is 0 Å². The number of nitrogens with zero attached hydrogens (tertiary/aromatic N) is 1. The summed E-state index contributed by atoms with van der Waals surface area (Å²) in [5.41, 5.74) is 3.82. The highest BCUT2D eigenvalue weighted by atomic mass is 35.5. The summed E-state index contributed by atoms with van der Waals surface area (Å²) < 4.78 is 27.8. The molecule has 232 valence electrons. The first kappa shape index (κ1) is 31.9. The lowest BCUT2D eigenvalue weighted by Gasteiger charge is -2.32. The predicted octanol–water partition coefficient (Wildman–Crippen LogP) is 6.49. The molecule has 0 heterocycles. The number of amides is 2. The molecule has 1 saturated carbocycles. The smallest absolute Gasteiger partial charge is 0.247 e. The van der Waals surface area contributed by atoms with E-state index in [0.717, 1.165) is 48.8 Å². The molecular weight excluding hydrogens is 594 g/mol. The molecular formula is C35H40ClN3O4S. The van der Waals surface area contributed by atoms with E-state index in [1.807, 2.05) is 42.5 Å². The Labute approximate surface area is 265 Å². The highest BCUT2D eigenvalue weighted by molar-refractivity contribution is 7.89. The summed E-state index contributed by atoms with van der Waals surface area (Å²) in [5.74, 6) is -0.390. The quantitative estimate of drug-likeness (QED) is 0.198. The molecule has 44 heavy (non-hydrogen) atoms. The summed E-state index contributed by atoms with van der Waals surface area (Å²) >= 11 is 6.13. The number of hydrogen-bond donors (Lipinski definition) is 2. The van der Waals surface area contributed by atoms with Gasteiger partial charge in [0.1, 0.15) is 6.04 Å². The second-order valence-electron chi connectivity index (χ2n) is 11.7. The summed E-state index contributed by atoms with van der Waals surface area (Å²) in [5, 5.41) is 3.71. The van der Waals surface area contributed by atoms with Crippen LogP contribution in [0.1, 0.15) is 74.1 Å². The van der Waals surface area contributed by atoms with Crippen molar-refractivity contribution in [1.29, 1.82) is 0 Å². The first-order chi connectivity index (χ1) is 21.3. The lowest BCUT2D eigenvalue weighted by Crippen LogP contribution is -2.43. The van der Waals surface area contributed by atoms with Crippen molar-refractivity contribution < 1.29 is 18.0 Å². The van der Waals surface area contributed by atoms with Gasteiger partial charge in [0.05, 0.1) is 4.90 Å². The molecule has 1 atom stereocenters. The highest BCUT2D eigenvalue weighted by Gasteiger charge is 2.31. The number of carbonyl (C=O) groups excluding carboxylic acids is 2. The molecule has 3 aromatic carbocycles. The minimum atomic E-state index is -3.55. The van der Waals surface area contributed by atoms with Crippen LogP contribution in [0, 0.1) is 0 Å². The van der Waals surface area contributed by atoms with E-state index in [9.17, 15) is 18.0 Å². The van der Waals surface area contributed by atoms with Gasteiger partial charge >= 0.3 is 0 Å². The lowest BCUT2D eigenvalue weighted by molar-refractivity contribution is -0.141. The van der Waals surface area contributed by atoms with Crippen LogP contribution in [0.25, 0.3) is 0 Å². The van der Waals surface area contributed by atoms with Gasteiger partial charge < -0.3 is 10.2 Å². The Morgan fingerprint density at radius 1 is 0.886 bits per heavy atom. The number of nitrogens with one attached hydrogen (secondary N) is 2. The summed E-state index contributed by atoms with van der Waals surface area (Å²) in [4.78, 5) is 29.7. The normalized spacial score (nSPS) is 15.7. The van der Waals surface area contributed by atoms with Gasteiger partial charge in [-0.3, -0.25) is 9.59 Å². The van der Waals surface area contributed by atoms with Crippen LogP contribution in [0.2, 0.25) is 5.02 Å². The Hall–Kier alpha value is -3.46. The maximum Gasteiger partial charge on any atom is 0.247 e. The van der Waals surface area contributed by atoms with Gasteiger partial charge in [-0.05, 0) is 92.3 Å². The van der Waals surface area contributed by atoms with E-state index in [1.54, 1.807) is 41.3 Å². The molecule has 0 saturated heterocycles. The fraction of sp³-hybridized carbons (Fsp3) is 0.371. The summed E-state index contributed by atoms with van der Waals surface area (Å²) in [6, 6.07) is 22.6. The van der Waals surface area contributed by atoms with Crippen molar-refractivity contribution in [3.05, 3.63) is 112 Å². The third-order valence-electron chi connectivity index (χ3n) is 8.15. The molecule has 0 aliphatic heterocycles. The van der Waals surface area contributed by atoms with Gasteiger partial charge in [-0.25, -0.2) is 13.1 Å². The van der Waals surface area contributed by atoms with Crippen LogP contribution in [-0.4, -0.2) is 37.7 Å². The molecule has 7 nitrogen and oxygen atoms in total. The topological polar surface area (TPSA) is 95.6 Å². The number of aryl methyl sites for hydroxylation is 1. The molecule has 2 aliphatic rings. The second-order valence-corrected chi connectivity index (χ2v) is 13.8. The molecule has 1 fully saturated rings. The monoisotopic (exact) mass is 633 g/mol. The molecule has 5 rings (SSSR count). The Bertz CT molecular complexity index is 1550. The second kappa shape index (κ2) is 15.0. The third-order valence-corrected chi connectivity index (χ3v) is 9.94. The Morgan fingerprint density at radius 3 is 2.25 bits per heavy atom. The fourth-order valence-electron chi connectivity index (χ4n) is 5.51. The minimum Gasteiger partial charge on any atom is -0.354 e. The van der Waals surface area contributed by atoms with Crippen molar-refractivity contribution in [3.8, 4) is 0 Å². The maximum absolute atomic E-state index is 14.0. The lowest BCUT2D eigenvalue weighted by atomic mass is 9.97. The van der Waals surface area contributed by atoms with Crippen molar-refractivity contribution >= 4 is 33.4 Å². The first-order valence-electron chi connectivity index (χ1n) is 15.4. The maximum atomic E-state index is 14.0. The van der Waals surface area contributed by atoms with Gasteiger partial charge in [-0.15, -0.1) is 0 Å². The highest BCUT2D eigenvalue weighted by Crippen LogP contribution is 2.27. The Morgan fingerprint density at radius 2 is 1.59 bits per heavy atom. The number of sulfonamides is 1. The van der Waals surface area contributed by atoms with E-state index >= 15 is 0 Å². The van der Waals surface area contributed by atoms with Gasteiger partial charge in [-0.2, -0.15) is 0 Å². The SMILES string of the molecule is O=C(NCCC1=CCCCC1)[C@H](c1ccccc1)N(Cc1ccc(Cl)cc1)C(=O)CCc1ccc(S(=O)(=O)NC2CC2)cc1. The van der Waals surface area contributed by atoms with Crippen LogP contribution in [0.3, 0.4) is 0 Å². The van der Waals surface area contributed by atoms with Crippen LogP contribution >= 0.6 is 11.6 Å². The summed E-state index contributed by atoms with van der Waals surface area (Å²) in [6.07, 6.45) is 9.95. The van der Waals surface area contributed by atoms with Crippen LogP contribution in [0.5, 0.6) is 0 Å². The predicted molar refractivity (Wildman–Crippen MR) is 173 cm³/mol. The number of rotatable bonds is 14. The van der Waals surface area contributed by atoms with E-state index in [2.05, 4.69) is 16.1 Å². The molecule has 2 N–H and O–H groups in total. The van der Waals surface area contributed by atoms with Gasteiger partial charge in [0, 0.05) is 30.6 Å². The fourth-order valence-corrected chi connectivity index (χ4v) is 6.94. The van der Waals surface area contributed by atoms with E-state index in [0.29, 0.717) is 18.0 Å². The zero-order valence-electron chi connectivity index (χ0n) is 24.9. The van der Waals surface area contributed by atoms with E-state index in [-0.39, 0.29) is 35.7 Å². The van der Waals surface area contributed by atoms with Crippen LogP contribution in [-0.2, 0) is 32.6 Å². The molecule has 2 aliphatic carbocycles. The average Bonchev–Trinajstić information content (AvgIpc) is 3.85. The standard InChI is InChI=1S/C35H40ClN3O4S/c36-30-16-11-28(12-17-30)25-39(33(40)22-15-27-13-20-32(21-14-27)44(42,43)38-31-18-19-31)34(29-9-5-2-6-10-29)35(41)37-24-23-26-7-3-1-4-8-26/h2,5-7,9-14,16-17,20-21,31,34,38H,1,3-4,8,15,18-19,22-25H2,(H,37,41)/t34-/m0/s1. The zero-order chi connectivity index (χ0) is 30.9. The first-order valence-corrected chi connectivity index (χ1v) is 17.3. The van der Waals surface area contributed by atoms with Crippen molar-refractivity contribution in [2.75, 3.05) is 6.54 Å². The van der Waals surface area contributed by atoms with Gasteiger partial charge in [0.15, 0.2) is 0 Å². The molecule has 0 bridgehead atoms. The number of allylic oxidation sites excluding steroid dienone is 1. The Balaban J connectivity index is 1.33. The molecule has 0 aromatic heterocycles. The molecule has 3 aromatic rings. The summed E-state index contributed by atoms with van der Waals surface area (Å²) in [7, 11) is -3.55. The van der Waals surface area contributed by atoms with Gasteiger partial charge in [0.25, 0.3) is 0 Å². The van der Waals surface area contributed by atoms with Crippen LogP contribution < -0.4 is 10.0 Å². The van der Waals surface area contributed by atoms with Crippen molar-refractivity contribution in [2.45, 2.75) is 81.3 Å². The number of hydrogen-bond acceptors (Lipinski definition) is 4. The van der Waals surface area contributed by atoms with Gasteiger partial charge in [0.2, 0.25) is 21.8 Å². The summed E-state index contributed by atoms with van der Waals surface area (Å²) in [6.45, 7) is 0.750. The molecule has 0 unspecified atom stereocenters. The molecule has 0 spiro atoms. The van der Waals surface area contributed by atoms with Crippen molar-refractivity contribution in [1.82, 2.24) is 14.9 Å². The van der Waals surface area contributed by atoms with E-state index in [4.69, 9.17) is 11.6 Å². The van der Waals surface area contributed by atoms with E-state index < -0.39 is 16.1 Å². The van der Waals surface area contributed by atoms with Gasteiger partial charge in [-0.1, -0.05) is 77.8 Å². The van der Waals surface area contributed by atoms with Crippen LogP contribution in [0.15, 0.2) is 95.4 Å². The van der Waals surface area contributed by atoms with Crippen LogP contribution in [0.4, 0.5) is 0 Å². The number of benzene rings is 3. The number of halogens is 1. The molecule has 0 radical (unpaired) electrons. The molecule has 9 heteroatoms. The van der Waals surface area contributed by atoms with E-state index in [1.165, 1.54) is 18.4 Å². The average molecular weight is 634 g/mol. The molecule has 2 amide bonds. The zero-order valence-corrected chi connectivity index (χ0v) is 26.5. The number of carbonyl (C=O) groups is 2. The largest absolute Gasteiger partial charge is 0.354 e. The Kier molecular flexibility index (Phi) is 10.9. The third kappa shape index (κ3) is 9.03.